The summed E-state index contributed by atoms with van der Waals surface area (Å²) >= 11 is 0. The van der Waals surface area contributed by atoms with Crippen LogP contribution in [0.25, 0.3) is 0 Å². The van der Waals surface area contributed by atoms with Crippen molar-refractivity contribution in [2.24, 2.45) is 0 Å². The third kappa shape index (κ3) is 4.71. The van der Waals surface area contributed by atoms with E-state index in [0.29, 0.717) is 0 Å². The highest BCUT2D eigenvalue weighted by atomic mass is 16.5. The van der Waals surface area contributed by atoms with E-state index in [4.69, 9.17) is 4.74 Å². The van der Waals surface area contributed by atoms with Crippen LogP contribution < -0.4 is 10.2 Å². The van der Waals surface area contributed by atoms with E-state index in [0.717, 1.165) is 44.3 Å². The fourth-order valence-electron chi connectivity index (χ4n) is 1.63. The molecule has 0 bridgehead atoms. The number of aromatic nitrogens is 1. The van der Waals surface area contributed by atoms with Gasteiger partial charge in [0.2, 0.25) is 0 Å². The van der Waals surface area contributed by atoms with Crippen LogP contribution in [0.3, 0.4) is 0 Å². The molecule has 0 fully saturated rings. The third-order valence-corrected chi connectivity index (χ3v) is 2.62. The molecule has 0 amide bonds. The Morgan fingerprint density at radius 3 is 2.82 bits per heavy atom. The van der Waals surface area contributed by atoms with Gasteiger partial charge in [0, 0.05) is 26.7 Å². The Balaban J connectivity index is 2.66. The van der Waals surface area contributed by atoms with Crippen LogP contribution in [0.15, 0.2) is 18.2 Å². The molecule has 0 aliphatic carbocycles. The van der Waals surface area contributed by atoms with Crippen molar-refractivity contribution in [3.63, 3.8) is 0 Å². The van der Waals surface area contributed by atoms with Crippen molar-refractivity contribution in [1.82, 2.24) is 10.3 Å². The van der Waals surface area contributed by atoms with Crippen molar-refractivity contribution in [2.75, 3.05) is 38.3 Å². The third-order valence-electron chi connectivity index (χ3n) is 2.62. The van der Waals surface area contributed by atoms with E-state index in [-0.39, 0.29) is 0 Å². The van der Waals surface area contributed by atoms with Gasteiger partial charge >= 0.3 is 0 Å². The van der Waals surface area contributed by atoms with Crippen molar-refractivity contribution < 1.29 is 4.74 Å². The minimum atomic E-state index is 0.729. The van der Waals surface area contributed by atoms with Gasteiger partial charge in [-0.15, -0.1) is 0 Å². The van der Waals surface area contributed by atoms with E-state index >= 15 is 0 Å². The normalized spacial score (nSPS) is 10.5. The first-order chi connectivity index (χ1) is 8.31. The summed E-state index contributed by atoms with van der Waals surface area (Å²) in [6.07, 6.45) is 0. The van der Waals surface area contributed by atoms with Crippen LogP contribution in [0.5, 0.6) is 0 Å². The van der Waals surface area contributed by atoms with E-state index in [1.54, 1.807) is 7.11 Å². The van der Waals surface area contributed by atoms with Gasteiger partial charge in [-0.3, -0.25) is 0 Å². The van der Waals surface area contributed by atoms with Gasteiger partial charge in [-0.05, 0) is 25.6 Å². The predicted molar refractivity (Wildman–Crippen MR) is 71.4 cm³/mol. The molecule has 17 heavy (non-hydrogen) atoms. The van der Waals surface area contributed by atoms with Crippen molar-refractivity contribution in [2.45, 2.75) is 20.4 Å². The first-order valence-corrected chi connectivity index (χ1v) is 6.22. The summed E-state index contributed by atoms with van der Waals surface area (Å²) in [5.74, 6) is 1.03. The minimum absolute atomic E-state index is 0.729. The maximum Gasteiger partial charge on any atom is 0.128 e. The molecule has 0 saturated carbocycles. The summed E-state index contributed by atoms with van der Waals surface area (Å²) in [6.45, 7) is 8.58. The molecule has 0 saturated heterocycles. The van der Waals surface area contributed by atoms with Gasteiger partial charge < -0.3 is 15.0 Å². The van der Waals surface area contributed by atoms with Gasteiger partial charge in [-0.25, -0.2) is 4.98 Å². The van der Waals surface area contributed by atoms with Crippen LogP contribution in [0.4, 0.5) is 5.82 Å². The summed E-state index contributed by atoms with van der Waals surface area (Å²) in [6, 6.07) is 6.16. The van der Waals surface area contributed by atoms with Gasteiger partial charge in [0.25, 0.3) is 0 Å². The largest absolute Gasteiger partial charge is 0.383 e. The van der Waals surface area contributed by atoms with E-state index in [1.807, 2.05) is 0 Å². The second-order valence-electron chi connectivity index (χ2n) is 3.84. The number of nitrogens with one attached hydrogen (secondary N) is 1. The maximum absolute atomic E-state index is 5.11. The maximum atomic E-state index is 5.11. The topological polar surface area (TPSA) is 37.4 Å². The van der Waals surface area contributed by atoms with Crippen molar-refractivity contribution in [3.05, 3.63) is 23.9 Å². The van der Waals surface area contributed by atoms with Gasteiger partial charge in [0.15, 0.2) is 0 Å². The van der Waals surface area contributed by atoms with Crippen LogP contribution in [0.1, 0.15) is 19.5 Å². The molecule has 0 aliphatic rings. The van der Waals surface area contributed by atoms with Gasteiger partial charge in [-0.1, -0.05) is 13.0 Å². The lowest BCUT2D eigenvalue weighted by molar-refractivity contribution is 0.205. The zero-order valence-electron chi connectivity index (χ0n) is 11.1. The molecule has 0 atom stereocenters. The molecule has 1 aromatic rings. The number of hydrogen-bond acceptors (Lipinski definition) is 4. The Bertz CT molecular complexity index is 317. The quantitative estimate of drug-likeness (QED) is 0.746. The van der Waals surface area contributed by atoms with E-state index in [2.05, 4.69) is 47.2 Å². The Morgan fingerprint density at radius 2 is 2.18 bits per heavy atom. The fourth-order valence-corrected chi connectivity index (χ4v) is 1.63. The minimum Gasteiger partial charge on any atom is -0.383 e. The van der Waals surface area contributed by atoms with Gasteiger partial charge in [0.05, 0.1) is 12.3 Å². The zero-order chi connectivity index (χ0) is 12.5. The molecule has 0 spiro atoms. The highest BCUT2D eigenvalue weighted by Crippen LogP contribution is 2.11. The number of anilines is 1. The van der Waals surface area contributed by atoms with Crippen LogP contribution in [-0.4, -0.2) is 38.3 Å². The number of hydrogen-bond donors (Lipinski definition) is 1. The van der Waals surface area contributed by atoms with Crippen molar-refractivity contribution >= 4 is 5.82 Å². The lowest BCUT2D eigenvalue weighted by Gasteiger charge is -2.22. The molecule has 1 aromatic heterocycles. The fraction of sp³-hybridized carbons (Fsp3) is 0.615. The summed E-state index contributed by atoms with van der Waals surface area (Å²) < 4.78 is 5.11. The zero-order valence-corrected chi connectivity index (χ0v) is 11.1. The smallest absolute Gasteiger partial charge is 0.128 e. The standard InChI is InChI=1S/C13H23N3O/c1-4-14-11-12-7-6-8-13(15-12)16(5-2)9-10-17-3/h6-8,14H,4-5,9-11H2,1-3H3. The SMILES string of the molecule is CCNCc1cccc(N(CC)CCOC)n1. The molecule has 1 heterocycles. The lowest BCUT2D eigenvalue weighted by atomic mass is 10.3. The molecular weight excluding hydrogens is 214 g/mol. The van der Waals surface area contributed by atoms with E-state index < -0.39 is 0 Å². The van der Waals surface area contributed by atoms with Crippen LogP contribution >= 0.6 is 0 Å². The average molecular weight is 237 g/mol. The molecule has 1 N–H and O–H groups in total. The number of nitrogens with zero attached hydrogens (tertiary/aromatic N) is 2. The molecule has 0 aliphatic heterocycles. The Labute approximate surface area is 104 Å². The lowest BCUT2D eigenvalue weighted by Crippen LogP contribution is -2.28. The number of likely N-dealkylation sites (N-methyl/N-ethyl adjacent to an activating group) is 1. The molecule has 1 rings (SSSR count). The number of methoxy groups -OCH3 is 1. The Morgan fingerprint density at radius 1 is 1.35 bits per heavy atom. The molecule has 96 valence electrons. The first-order valence-electron chi connectivity index (χ1n) is 6.22. The van der Waals surface area contributed by atoms with E-state index in [9.17, 15) is 0 Å². The molecule has 4 heteroatoms. The van der Waals surface area contributed by atoms with Crippen LogP contribution in [0, 0.1) is 0 Å². The van der Waals surface area contributed by atoms with Gasteiger partial charge in [-0.2, -0.15) is 0 Å². The highest BCUT2D eigenvalue weighted by molar-refractivity contribution is 5.39. The number of pyridine rings is 1. The number of ether oxygens (including phenoxy) is 1. The summed E-state index contributed by atoms with van der Waals surface area (Å²) in [7, 11) is 1.73. The second-order valence-corrected chi connectivity index (χ2v) is 3.84. The molecular formula is C13H23N3O. The van der Waals surface area contributed by atoms with Crippen LogP contribution in [0.2, 0.25) is 0 Å². The summed E-state index contributed by atoms with van der Waals surface area (Å²) in [5, 5.41) is 3.29. The molecule has 0 unspecified atom stereocenters. The Kier molecular flexibility index (Phi) is 6.58. The van der Waals surface area contributed by atoms with E-state index in [1.165, 1.54) is 0 Å². The predicted octanol–water partition coefficient (Wildman–Crippen LogP) is 1.66. The first kappa shape index (κ1) is 13.9. The summed E-state index contributed by atoms with van der Waals surface area (Å²) in [4.78, 5) is 6.86. The van der Waals surface area contributed by atoms with Crippen molar-refractivity contribution in [3.8, 4) is 0 Å². The van der Waals surface area contributed by atoms with Crippen molar-refractivity contribution in [1.29, 1.82) is 0 Å². The molecule has 4 nitrogen and oxygen atoms in total. The second kappa shape index (κ2) is 8.03. The molecule has 0 aromatic carbocycles. The van der Waals surface area contributed by atoms with Crippen LogP contribution in [-0.2, 0) is 11.3 Å². The van der Waals surface area contributed by atoms with Gasteiger partial charge in [0.1, 0.15) is 5.82 Å². The molecule has 0 radical (unpaired) electrons. The highest BCUT2D eigenvalue weighted by Gasteiger charge is 2.05. The Hall–Kier alpha value is -1.13. The summed E-state index contributed by atoms with van der Waals surface area (Å²) in [5.41, 5.74) is 1.08. The average Bonchev–Trinajstić information content (AvgIpc) is 2.38. The monoisotopic (exact) mass is 237 g/mol. The number of rotatable bonds is 8.